The van der Waals surface area contributed by atoms with Crippen LogP contribution in [0.4, 0.5) is 0 Å². The molecule has 152 valence electrons. The third kappa shape index (κ3) is 4.36. The van der Waals surface area contributed by atoms with E-state index in [0.29, 0.717) is 6.42 Å². The second-order valence-corrected chi connectivity index (χ2v) is 6.98. The van der Waals surface area contributed by atoms with Gasteiger partial charge in [-0.05, 0) is 59.5 Å². The Morgan fingerprint density at radius 2 is 1.00 bits per heavy atom. The first-order chi connectivity index (χ1) is 14.0. The highest BCUT2D eigenvalue weighted by molar-refractivity contribution is 5.44. The molecule has 29 heavy (non-hydrogen) atoms. The molecular formula is C24H28N2O3. The van der Waals surface area contributed by atoms with Crippen molar-refractivity contribution in [1.82, 2.24) is 0 Å². The fraction of sp³-hybridized carbons (Fsp3) is 0.250. The van der Waals surface area contributed by atoms with Crippen LogP contribution in [0.25, 0.3) is 0 Å². The minimum absolute atomic E-state index is 0.363. The first-order valence-electron chi connectivity index (χ1n) is 9.47. The molecule has 4 N–H and O–H groups in total. The monoisotopic (exact) mass is 392 g/mol. The van der Waals surface area contributed by atoms with Crippen LogP contribution in [0.1, 0.15) is 16.7 Å². The van der Waals surface area contributed by atoms with Crippen LogP contribution >= 0.6 is 0 Å². The Labute approximate surface area is 172 Å². The van der Waals surface area contributed by atoms with Gasteiger partial charge < -0.3 is 25.7 Å². The zero-order valence-corrected chi connectivity index (χ0v) is 17.1. The summed E-state index contributed by atoms with van der Waals surface area (Å²) in [6.07, 6.45) is 0.610. The summed E-state index contributed by atoms with van der Waals surface area (Å²) in [5.74, 6) is 2.36. The van der Waals surface area contributed by atoms with Crippen molar-refractivity contribution >= 4 is 0 Å². The third-order valence-electron chi connectivity index (χ3n) is 5.33. The van der Waals surface area contributed by atoms with Gasteiger partial charge in [-0.2, -0.15) is 0 Å². The summed E-state index contributed by atoms with van der Waals surface area (Å²) in [5.41, 5.74) is 15.8. The van der Waals surface area contributed by atoms with E-state index in [1.54, 1.807) is 21.3 Å². The zero-order valence-electron chi connectivity index (χ0n) is 17.1. The Kier molecular flexibility index (Phi) is 6.42. The quantitative estimate of drug-likeness (QED) is 0.613. The van der Waals surface area contributed by atoms with Crippen molar-refractivity contribution in [3.8, 4) is 17.2 Å². The molecule has 0 aromatic heterocycles. The summed E-state index contributed by atoms with van der Waals surface area (Å²) >= 11 is 0. The van der Waals surface area contributed by atoms with Gasteiger partial charge >= 0.3 is 0 Å². The Morgan fingerprint density at radius 3 is 1.34 bits per heavy atom. The van der Waals surface area contributed by atoms with Crippen LogP contribution in [0.15, 0.2) is 72.8 Å². The molecule has 0 saturated heterocycles. The van der Waals surface area contributed by atoms with Crippen molar-refractivity contribution in [1.29, 1.82) is 0 Å². The van der Waals surface area contributed by atoms with Crippen molar-refractivity contribution in [2.24, 2.45) is 11.5 Å². The van der Waals surface area contributed by atoms with E-state index in [1.807, 2.05) is 72.8 Å². The van der Waals surface area contributed by atoms with Crippen molar-refractivity contribution in [2.75, 3.05) is 21.3 Å². The van der Waals surface area contributed by atoms with E-state index in [9.17, 15) is 0 Å². The van der Waals surface area contributed by atoms with E-state index in [-0.39, 0.29) is 6.04 Å². The SMILES string of the molecule is COc1ccc(CC(N)C(N)(c2ccc(OC)cc2)c2ccc(OC)cc2)cc1. The predicted molar refractivity (Wildman–Crippen MR) is 116 cm³/mol. The van der Waals surface area contributed by atoms with Gasteiger partial charge in [-0.15, -0.1) is 0 Å². The maximum atomic E-state index is 7.04. The highest BCUT2D eigenvalue weighted by atomic mass is 16.5. The second kappa shape index (κ2) is 8.99. The molecule has 0 spiro atoms. The van der Waals surface area contributed by atoms with Gasteiger partial charge in [0.1, 0.15) is 17.2 Å². The van der Waals surface area contributed by atoms with Crippen LogP contribution in [0.5, 0.6) is 17.2 Å². The first-order valence-corrected chi connectivity index (χ1v) is 9.47. The summed E-state index contributed by atoms with van der Waals surface area (Å²) < 4.78 is 15.8. The molecule has 0 bridgehead atoms. The molecule has 0 amide bonds. The third-order valence-corrected chi connectivity index (χ3v) is 5.33. The molecule has 0 heterocycles. The van der Waals surface area contributed by atoms with Gasteiger partial charge in [-0.3, -0.25) is 0 Å². The van der Waals surface area contributed by atoms with E-state index in [2.05, 4.69) is 0 Å². The molecule has 3 rings (SSSR count). The van der Waals surface area contributed by atoms with Crippen LogP contribution in [-0.4, -0.2) is 27.4 Å². The van der Waals surface area contributed by atoms with Crippen LogP contribution in [0, 0.1) is 0 Å². The van der Waals surface area contributed by atoms with Crippen molar-refractivity contribution < 1.29 is 14.2 Å². The molecule has 5 nitrogen and oxygen atoms in total. The minimum atomic E-state index is -0.890. The van der Waals surface area contributed by atoms with E-state index >= 15 is 0 Å². The summed E-state index contributed by atoms with van der Waals surface area (Å²) in [7, 11) is 4.94. The van der Waals surface area contributed by atoms with Crippen LogP contribution in [-0.2, 0) is 12.0 Å². The maximum absolute atomic E-state index is 7.04. The van der Waals surface area contributed by atoms with E-state index < -0.39 is 5.54 Å². The number of nitrogens with two attached hydrogens (primary N) is 2. The molecule has 0 saturated carbocycles. The topological polar surface area (TPSA) is 79.7 Å². The minimum Gasteiger partial charge on any atom is -0.497 e. The number of ether oxygens (including phenoxy) is 3. The van der Waals surface area contributed by atoms with Gasteiger partial charge in [0.2, 0.25) is 0 Å². The zero-order chi connectivity index (χ0) is 20.9. The van der Waals surface area contributed by atoms with Crippen LogP contribution < -0.4 is 25.7 Å². The van der Waals surface area contributed by atoms with Gasteiger partial charge in [0.05, 0.1) is 26.9 Å². The van der Waals surface area contributed by atoms with Gasteiger partial charge in [0.15, 0.2) is 0 Å². The van der Waals surface area contributed by atoms with Crippen molar-refractivity contribution in [2.45, 2.75) is 18.0 Å². The van der Waals surface area contributed by atoms with Crippen LogP contribution in [0.2, 0.25) is 0 Å². The highest BCUT2D eigenvalue weighted by Gasteiger charge is 2.36. The average Bonchev–Trinajstić information content (AvgIpc) is 2.79. The van der Waals surface area contributed by atoms with E-state index in [4.69, 9.17) is 25.7 Å². The van der Waals surface area contributed by atoms with Crippen molar-refractivity contribution in [3.05, 3.63) is 89.5 Å². The average molecular weight is 392 g/mol. The van der Waals surface area contributed by atoms with Crippen molar-refractivity contribution in [3.63, 3.8) is 0 Å². The maximum Gasteiger partial charge on any atom is 0.118 e. The number of methoxy groups -OCH3 is 3. The van der Waals surface area contributed by atoms with Gasteiger partial charge in [-0.25, -0.2) is 0 Å². The molecular weight excluding hydrogens is 364 g/mol. The number of benzene rings is 3. The lowest BCUT2D eigenvalue weighted by molar-refractivity contribution is 0.402. The molecule has 1 unspecified atom stereocenters. The standard InChI is InChI=1S/C24H28N2O3/c1-27-20-10-4-17(5-11-20)16-23(25)24(26,18-6-12-21(28-2)13-7-18)19-8-14-22(29-3)15-9-19/h4-15,23H,16,25-26H2,1-3H3. The van der Waals surface area contributed by atoms with Gasteiger partial charge in [0.25, 0.3) is 0 Å². The normalized spacial score (nSPS) is 12.3. The lowest BCUT2D eigenvalue weighted by Gasteiger charge is -2.37. The first kappa shape index (κ1) is 20.7. The number of hydrogen-bond acceptors (Lipinski definition) is 5. The highest BCUT2D eigenvalue weighted by Crippen LogP contribution is 2.33. The molecule has 0 radical (unpaired) electrons. The summed E-state index contributed by atoms with van der Waals surface area (Å²) in [5, 5.41) is 0. The predicted octanol–water partition coefficient (Wildman–Crippen LogP) is 3.48. The van der Waals surface area contributed by atoms with Crippen LogP contribution in [0.3, 0.4) is 0 Å². The Bertz CT molecular complexity index is 859. The van der Waals surface area contributed by atoms with E-state index in [1.165, 1.54) is 0 Å². The lowest BCUT2D eigenvalue weighted by atomic mass is 9.76. The summed E-state index contributed by atoms with van der Waals surface area (Å²) in [4.78, 5) is 0. The molecule has 3 aromatic carbocycles. The molecule has 0 fully saturated rings. The lowest BCUT2D eigenvalue weighted by Crippen LogP contribution is -2.54. The smallest absolute Gasteiger partial charge is 0.118 e. The Hall–Kier alpha value is -3.02. The number of rotatable bonds is 8. The molecule has 3 aromatic rings. The summed E-state index contributed by atoms with van der Waals surface area (Å²) in [6, 6.07) is 23.0. The molecule has 5 heteroatoms. The summed E-state index contributed by atoms with van der Waals surface area (Å²) in [6.45, 7) is 0. The second-order valence-electron chi connectivity index (χ2n) is 6.98. The largest absolute Gasteiger partial charge is 0.497 e. The molecule has 0 aliphatic carbocycles. The molecule has 1 atom stereocenters. The number of hydrogen-bond donors (Lipinski definition) is 2. The van der Waals surface area contributed by atoms with Gasteiger partial charge in [0, 0.05) is 6.04 Å². The van der Waals surface area contributed by atoms with E-state index in [0.717, 1.165) is 33.9 Å². The Balaban J connectivity index is 1.99. The fourth-order valence-corrected chi connectivity index (χ4v) is 3.50. The van der Waals surface area contributed by atoms with Gasteiger partial charge in [-0.1, -0.05) is 36.4 Å². The molecule has 0 aliphatic heterocycles. The molecule has 0 aliphatic rings. The Morgan fingerprint density at radius 1 is 0.655 bits per heavy atom. The fourth-order valence-electron chi connectivity index (χ4n) is 3.50.